The molecule has 0 fully saturated rings. The summed E-state index contributed by atoms with van der Waals surface area (Å²) in [6.07, 6.45) is 0.682. The van der Waals surface area contributed by atoms with Crippen molar-refractivity contribution in [1.82, 2.24) is 5.32 Å². The summed E-state index contributed by atoms with van der Waals surface area (Å²) >= 11 is 0. The van der Waals surface area contributed by atoms with E-state index in [-0.39, 0.29) is 5.41 Å². The van der Waals surface area contributed by atoms with Gasteiger partial charge in [0.2, 0.25) is 0 Å². The van der Waals surface area contributed by atoms with Crippen LogP contribution in [-0.2, 0) is 6.54 Å². The standard InChI is InChI=1S/C17H26N2O2/c1-13(2)19-11-14-6-7-15(20-5)16(10-14)21-9-8-17(3,4)12-18/h6-7,10,13,19H,8-9,11H2,1-5H3. The molecule has 1 aromatic carbocycles. The Morgan fingerprint density at radius 2 is 2.00 bits per heavy atom. The topological polar surface area (TPSA) is 54.3 Å². The highest BCUT2D eigenvalue weighted by molar-refractivity contribution is 5.43. The smallest absolute Gasteiger partial charge is 0.161 e. The van der Waals surface area contributed by atoms with Gasteiger partial charge in [-0.2, -0.15) is 5.26 Å². The van der Waals surface area contributed by atoms with Crippen LogP contribution in [0.2, 0.25) is 0 Å². The van der Waals surface area contributed by atoms with Gasteiger partial charge in [0.25, 0.3) is 0 Å². The van der Waals surface area contributed by atoms with Crippen LogP contribution in [0.5, 0.6) is 11.5 Å². The second-order valence-electron chi connectivity index (χ2n) is 6.11. The minimum atomic E-state index is -0.371. The highest BCUT2D eigenvalue weighted by atomic mass is 16.5. The zero-order chi connectivity index (χ0) is 15.9. The van der Waals surface area contributed by atoms with E-state index in [0.717, 1.165) is 23.6 Å². The molecule has 21 heavy (non-hydrogen) atoms. The van der Waals surface area contributed by atoms with Gasteiger partial charge in [-0.05, 0) is 38.0 Å². The van der Waals surface area contributed by atoms with Gasteiger partial charge in [-0.3, -0.25) is 0 Å². The molecule has 0 saturated heterocycles. The fourth-order valence-electron chi connectivity index (χ4n) is 1.74. The minimum absolute atomic E-state index is 0.371. The van der Waals surface area contributed by atoms with Crippen molar-refractivity contribution in [2.45, 2.75) is 46.7 Å². The van der Waals surface area contributed by atoms with E-state index in [1.807, 2.05) is 32.0 Å². The van der Waals surface area contributed by atoms with Gasteiger partial charge in [-0.25, -0.2) is 0 Å². The van der Waals surface area contributed by atoms with E-state index in [9.17, 15) is 0 Å². The monoisotopic (exact) mass is 290 g/mol. The first kappa shape index (κ1) is 17.3. The molecular weight excluding hydrogens is 264 g/mol. The second kappa shape index (κ2) is 7.90. The molecule has 1 N–H and O–H groups in total. The van der Waals surface area contributed by atoms with Crippen LogP contribution < -0.4 is 14.8 Å². The Morgan fingerprint density at radius 3 is 2.57 bits per heavy atom. The summed E-state index contributed by atoms with van der Waals surface area (Å²) in [7, 11) is 1.63. The highest BCUT2D eigenvalue weighted by Crippen LogP contribution is 2.29. The molecule has 4 nitrogen and oxygen atoms in total. The van der Waals surface area contributed by atoms with E-state index in [1.165, 1.54) is 0 Å². The normalized spacial score (nSPS) is 11.3. The van der Waals surface area contributed by atoms with Crippen molar-refractivity contribution in [2.75, 3.05) is 13.7 Å². The average molecular weight is 290 g/mol. The van der Waals surface area contributed by atoms with Crippen LogP contribution in [-0.4, -0.2) is 19.8 Å². The maximum Gasteiger partial charge on any atom is 0.161 e. The van der Waals surface area contributed by atoms with Crippen LogP contribution in [0.1, 0.15) is 39.7 Å². The maximum atomic E-state index is 9.02. The van der Waals surface area contributed by atoms with Gasteiger partial charge in [0.15, 0.2) is 11.5 Å². The van der Waals surface area contributed by atoms with Crippen molar-refractivity contribution in [1.29, 1.82) is 5.26 Å². The molecule has 0 aromatic heterocycles. The Bertz CT molecular complexity index is 490. The largest absolute Gasteiger partial charge is 0.493 e. The molecule has 1 aromatic rings. The predicted octanol–water partition coefficient (Wildman–Crippen LogP) is 3.51. The molecule has 0 bridgehead atoms. The lowest BCUT2D eigenvalue weighted by atomic mass is 9.92. The number of rotatable bonds is 8. The third-order valence-corrected chi connectivity index (χ3v) is 3.23. The molecule has 0 aliphatic carbocycles. The lowest BCUT2D eigenvalue weighted by Crippen LogP contribution is -2.21. The molecule has 0 heterocycles. The van der Waals surface area contributed by atoms with Gasteiger partial charge in [-0.1, -0.05) is 19.9 Å². The molecule has 0 aliphatic heterocycles. The summed E-state index contributed by atoms with van der Waals surface area (Å²) in [6, 6.07) is 8.66. The van der Waals surface area contributed by atoms with Crippen molar-refractivity contribution in [3.63, 3.8) is 0 Å². The highest BCUT2D eigenvalue weighted by Gasteiger charge is 2.17. The maximum absolute atomic E-state index is 9.02. The van der Waals surface area contributed by atoms with Crippen LogP contribution in [0, 0.1) is 16.7 Å². The molecule has 0 unspecified atom stereocenters. The van der Waals surface area contributed by atoms with Gasteiger partial charge in [0.1, 0.15) is 0 Å². The van der Waals surface area contributed by atoms with Crippen molar-refractivity contribution < 1.29 is 9.47 Å². The first-order valence-corrected chi connectivity index (χ1v) is 7.32. The Hall–Kier alpha value is -1.73. The first-order valence-electron chi connectivity index (χ1n) is 7.32. The lowest BCUT2D eigenvalue weighted by molar-refractivity contribution is 0.252. The lowest BCUT2D eigenvalue weighted by Gasteiger charge is -2.17. The Labute approximate surface area is 128 Å². The number of hydrogen-bond acceptors (Lipinski definition) is 4. The molecule has 4 heteroatoms. The summed E-state index contributed by atoms with van der Waals surface area (Å²) < 4.78 is 11.1. The van der Waals surface area contributed by atoms with Gasteiger partial charge in [0.05, 0.1) is 25.2 Å². The number of nitrogens with one attached hydrogen (secondary N) is 1. The number of hydrogen-bond donors (Lipinski definition) is 1. The summed E-state index contributed by atoms with van der Waals surface area (Å²) in [5, 5.41) is 12.4. The number of nitriles is 1. The first-order chi connectivity index (χ1) is 9.88. The van der Waals surface area contributed by atoms with Crippen molar-refractivity contribution in [2.24, 2.45) is 5.41 Å². The fraction of sp³-hybridized carbons (Fsp3) is 0.588. The van der Waals surface area contributed by atoms with E-state index >= 15 is 0 Å². The molecule has 0 radical (unpaired) electrons. The summed E-state index contributed by atoms with van der Waals surface area (Å²) in [4.78, 5) is 0. The third-order valence-electron chi connectivity index (χ3n) is 3.23. The van der Waals surface area contributed by atoms with Gasteiger partial charge < -0.3 is 14.8 Å². The number of nitrogens with zero attached hydrogens (tertiary/aromatic N) is 1. The Balaban J connectivity index is 2.70. The number of benzene rings is 1. The second-order valence-corrected chi connectivity index (χ2v) is 6.11. The van der Waals surface area contributed by atoms with Crippen LogP contribution in [0.4, 0.5) is 0 Å². The number of methoxy groups -OCH3 is 1. The van der Waals surface area contributed by atoms with Gasteiger partial charge in [0, 0.05) is 12.6 Å². The van der Waals surface area contributed by atoms with Crippen molar-refractivity contribution >= 4 is 0 Å². The summed E-state index contributed by atoms with van der Waals surface area (Å²) in [5.74, 6) is 1.45. The quantitative estimate of drug-likeness (QED) is 0.796. The Morgan fingerprint density at radius 1 is 1.29 bits per heavy atom. The minimum Gasteiger partial charge on any atom is -0.493 e. The van der Waals surface area contributed by atoms with Crippen molar-refractivity contribution in [3.05, 3.63) is 23.8 Å². The molecule has 0 aliphatic rings. The Kier molecular flexibility index (Phi) is 6.51. The zero-order valence-electron chi connectivity index (χ0n) is 13.7. The molecule has 0 spiro atoms. The summed E-state index contributed by atoms with van der Waals surface area (Å²) in [6.45, 7) is 9.35. The average Bonchev–Trinajstić information content (AvgIpc) is 2.45. The summed E-state index contributed by atoms with van der Waals surface area (Å²) in [5.41, 5.74) is 0.781. The molecule has 0 amide bonds. The predicted molar refractivity (Wildman–Crippen MR) is 84.5 cm³/mol. The van der Waals surface area contributed by atoms with E-state index < -0.39 is 0 Å². The SMILES string of the molecule is COc1ccc(CNC(C)C)cc1OCCC(C)(C)C#N. The zero-order valence-corrected chi connectivity index (χ0v) is 13.7. The molecular formula is C17H26N2O2. The van der Waals surface area contributed by atoms with Crippen molar-refractivity contribution in [3.8, 4) is 17.6 Å². The third kappa shape index (κ3) is 6.05. The van der Waals surface area contributed by atoms with Gasteiger partial charge >= 0.3 is 0 Å². The molecule has 0 saturated carbocycles. The van der Waals surface area contributed by atoms with Crippen LogP contribution in [0.25, 0.3) is 0 Å². The van der Waals surface area contributed by atoms with E-state index in [4.69, 9.17) is 14.7 Å². The van der Waals surface area contributed by atoms with Gasteiger partial charge in [-0.15, -0.1) is 0 Å². The van der Waals surface area contributed by atoms with E-state index in [1.54, 1.807) is 7.11 Å². The van der Waals surface area contributed by atoms with E-state index in [0.29, 0.717) is 19.1 Å². The van der Waals surface area contributed by atoms with Crippen LogP contribution >= 0.6 is 0 Å². The molecule has 1 rings (SSSR count). The fourth-order valence-corrected chi connectivity index (χ4v) is 1.74. The molecule has 116 valence electrons. The van der Waals surface area contributed by atoms with Crippen LogP contribution in [0.3, 0.4) is 0 Å². The van der Waals surface area contributed by atoms with E-state index in [2.05, 4.69) is 25.2 Å². The van der Waals surface area contributed by atoms with Crippen LogP contribution in [0.15, 0.2) is 18.2 Å². The molecule has 0 atom stereocenters. The number of ether oxygens (including phenoxy) is 2.